The number of hydrogen-bond acceptors (Lipinski definition) is 2. The molecule has 0 spiro atoms. The van der Waals surface area contributed by atoms with Crippen LogP contribution in [0, 0.1) is 3.57 Å². The van der Waals surface area contributed by atoms with Gasteiger partial charge in [-0.3, -0.25) is 0 Å². The molecule has 0 saturated heterocycles. The van der Waals surface area contributed by atoms with E-state index < -0.39 is 0 Å². The molecule has 0 amide bonds. The summed E-state index contributed by atoms with van der Waals surface area (Å²) in [5.74, 6) is 0.208. The Labute approximate surface area is 144 Å². The van der Waals surface area contributed by atoms with Crippen LogP contribution in [0.15, 0.2) is 69.9 Å². The van der Waals surface area contributed by atoms with Gasteiger partial charge in [-0.25, -0.2) is 0 Å². The molecule has 3 heteroatoms. The van der Waals surface area contributed by atoms with Crippen molar-refractivity contribution in [1.29, 1.82) is 0 Å². The Hall–Kier alpha value is -2.14. The molecule has 0 saturated carbocycles. The molecule has 1 aliphatic carbocycles. The number of carbonyl (C=O) groups excluding carboxylic acids is 1. The van der Waals surface area contributed by atoms with Crippen molar-refractivity contribution >= 4 is 22.2 Å². The second-order valence-electron chi connectivity index (χ2n) is 5.82. The van der Waals surface area contributed by atoms with E-state index in [0.29, 0.717) is 0 Å². The van der Waals surface area contributed by atoms with Crippen molar-refractivity contribution in [2.45, 2.75) is 6.42 Å². The third-order valence-corrected chi connectivity index (χ3v) is 7.63. The van der Waals surface area contributed by atoms with Crippen molar-refractivity contribution in [3.05, 3.63) is 84.6 Å². The number of nitrogens with one attached hydrogen (secondary N) is 1. The van der Waals surface area contributed by atoms with Crippen molar-refractivity contribution < 1.29 is 26.0 Å². The Balaban J connectivity index is 1.63. The number of ketones is 1. The topological polar surface area (TPSA) is 29.1 Å². The Morgan fingerprint density at radius 2 is 1.74 bits per heavy atom. The van der Waals surface area contributed by atoms with E-state index in [0.717, 1.165) is 23.1 Å². The van der Waals surface area contributed by atoms with Gasteiger partial charge in [0, 0.05) is 0 Å². The van der Waals surface area contributed by atoms with E-state index >= 15 is 0 Å². The van der Waals surface area contributed by atoms with Crippen molar-refractivity contribution in [2.24, 2.45) is 0 Å². The van der Waals surface area contributed by atoms with Gasteiger partial charge in [-0.1, -0.05) is 0 Å². The number of benzene rings is 3. The van der Waals surface area contributed by atoms with Crippen LogP contribution in [0.25, 0.3) is 10.8 Å². The van der Waals surface area contributed by atoms with Gasteiger partial charge < -0.3 is 0 Å². The first-order chi connectivity index (χ1) is 11.3. The van der Waals surface area contributed by atoms with E-state index in [2.05, 4.69) is 47.8 Å². The monoisotopic (exact) mass is 410 g/mol. The summed E-state index contributed by atoms with van der Waals surface area (Å²) >= 11 is -0.342. The van der Waals surface area contributed by atoms with E-state index in [1.165, 1.54) is 23.7 Å². The van der Waals surface area contributed by atoms with Crippen LogP contribution in [0.2, 0.25) is 0 Å². The maximum absolute atomic E-state index is 12.7. The number of hydrogen-bond donors (Lipinski definition) is 1. The molecule has 2 nitrogen and oxygen atoms in total. The Morgan fingerprint density at radius 3 is 2.65 bits per heavy atom. The molecule has 1 aliphatic heterocycles. The van der Waals surface area contributed by atoms with Crippen LogP contribution in [-0.2, 0) is 6.42 Å². The van der Waals surface area contributed by atoms with E-state index in [1.807, 2.05) is 18.2 Å². The Kier molecular flexibility index (Phi) is 2.85. The van der Waals surface area contributed by atoms with Crippen LogP contribution in [0.3, 0.4) is 0 Å². The summed E-state index contributed by atoms with van der Waals surface area (Å²) in [4.78, 5) is 12.7. The molecular weight excluding hydrogens is 397 g/mol. The first-order valence-corrected chi connectivity index (χ1v) is 9.76. The quantitative estimate of drug-likeness (QED) is 0.343. The molecule has 0 bridgehead atoms. The van der Waals surface area contributed by atoms with E-state index in [4.69, 9.17) is 0 Å². The van der Waals surface area contributed by atoms with E-state index in [-0.39, 0.29) is 27.0 Å². The summed E-state index contributed by atoms with van der Waals surface area (Å²) in [6.07, 6.45) is 0.767. The maximum atomic E-state index is 12.7. The number of fused-ring (bicyclic) bond motifs is 4. The fraction of sp³-hybridized carbons (Fsp3) is 0.0500. The molecule has 5 rings (SSSR count). The molecule has 1 N–H and O–H groups in total. The van der Waals surface area contributed by atoms with Crippen molar-refractivity contribution in [1.82, 2.24) is 0 Å². The van der Waals surface area contributed by atoms with Gasteiger partial charge in [-0.2, -0.15) is 0 Å². The SMILES string of the molecule is O=C1/C(=C2\Nc3ccc4ccccc4c3[I-]2)Cc2ccccc21. The third-order valence-electron chi connectivity index (χ3n) is 4.46. The van der Waals surface area contributed by atoms with Crippen LogP contribution >= 0.6 is 0 Å². The zero-order valence-corrected chi connectivity index (χ0v) is 14.4. The predicted octanol–water partition coefficient (Wildman–Crippen LogP) is 1.17. The van der Waals surface area contributed by atoms with Gasteiger partial charge in [-0.05, 0) is 0 Å². The van der Waals surface area contributed by atoms with Gasteiger partial charge in [0.05, 0.1) is 0 Å². The van der Waals surface area contributed by atoms with Gasteiger partial charge in [0.2, 0.25) is 0 Å². The number of anilines is 1. The van der Waals surface area contributed by atoms with Crippen molar-refractivity contribution in [3.8, 4) is 0 Å². The van der Waals surface area contributed by atoms with Crippen LogP contribution in [0.4, 0.5) is 5.69 Å². The van der Waals surface area contributed by atoms with Crippen LogP contribution in [-0.4, -0.2) is 5.78 Å². The van der Waals surface area contributed by atoms with Crippen LogP contribution in [0.5, 0.6) is 0 Å². The fourth-order valence-electron chi connectivity index (χ4n) is 3.31. The fourth-order valence-corrected chi connectivity index (χ4v) is 6.42. The average Bonchev–Trinajstić information content (AvgIpc) is 3.17. The number of rotatable bonds is 0. The van der Waals surface area contributed by atoms with Gasteiger partial charge in [-0.15, -0.1) is 0 Å². The molecule has 3 aromatic rings. The summed E-state index contributed by atoms with van der Waals surface area (Å²) in [5, 5.41) is 6.14. The molecule has 23 heavy (non-hydrogen) atoms. The minimum atomic E-state index is -0.342. The summed E-state index contributed by atoms with van der Waals surface area (Å²) in [7, 11) is 0. The zero-order chi connectivity index (χ0) is 15.4. The second-order valence-corrected chi connectivity index (χ2v) is 8.52. The van der Waals surface area contributed by atoms with Gasteiger partial charge >= 0.3 is 145 Å². The molecule has 2 aliphatic rings. The molecule has 112 valence electrons. The number of halogens is 1. The molecule has 0 atom stereocenters. The number of carbonyl (C=O) groups is 1. The van der Waals surface area contributed by atoms with Gasteiger partial charge in [0.25, 0.3) is 0 Å². The minimum absolute atomic E-state index is 0.208. The second kappa shape index (κ2) is 4.93. The standard InChI is InChI=1S/C20H13INO/c23-19-15-8-4-2-6-13(15)11-16(19)20-21-18-14-7-3-1-5-12(14)9-10-17(18)22-20/h1-10,22H,11H2/q-1/b20-16-. The van der Waals surface area contributed by atoms with Crippen LogP contribution in [0.1, 0.15) is 15.9 Å². The molecule has 0 aromatic heterocycles. The third kappa shape index (κ3) is 1.96. The van der Waals surface area contributed by atoms with Gasteiger partial charge in [0.15, 0.2) is 0 Å². The summed E-state index contributed by atoms with van der Waals surface area (Å²) in [6, 6.07) is 20.8. The Bertz CT molecular complexity index is 1020. The first-order valence-electron chi connectivity index (χ1n) is 7.60. The molecule has 3 aromatic carbocycles. The first kappa shape index (κ1) is 13.3. The van der Waals surface area contributed by atoms with Gasteiger partial charge in [0.1, 0.15) is 0 Å². The molecular formula is C20H13INO-. The Morgan fingerprint density at radius 1 is 0.913 bits per heavy atom. The number of Topliss-reactive ketones (excluding diaryl/α,β-unsaturated/α-hetero) is 1. The zero-order valence-electron chi connectivity index (χ0n) is 12.3. The molecule has 0 fully saturated rings. The van der Waals surface area contributed by atoms with Crippen molar-refractivity contribution in [3.63, 3.8) is 0 Å². The predicted molar refractivity (Wildman–Crippen MR) is 87.8 cm³/mol. The van der Waals surface area contributed by atoms with E-state index in [1.54, 1.807) is 0 Å². The summed E-state index contributed by atoms with van der Waals surface area (Å²) in [6.45, 7) is 0. The number of allylic oxidation sites excluding steroid dienone is 1. The van der Waals surface area contributed by atoms with Crippen LogP contribution < -0.4 is 26.5 Å². The summed E-state index contributed by atoms with van der Waals surface area (Å²) < 4.78 is 2.59. The van der Waals surface area contributed by atoms with Crippen molar-refractivity contribution in [2.75, 3.05) is 5.32 Å². The molecule has 0 radical (unpaired) electrons. The normalized spacial score (nSPS) is 19.2. The summed E-state index contributed by atoms with van der Waals surface area (Å²) in [5.41, 5.74) is 4.19. The van der Waals surface area contributed by atoms with E-state index in [9.17, 15) is 4.79 Å². The molecule has 1 heterocycles. The molecule has 0 unspecified atom stereocenters. The average molecular weight is 410 g/mol.